The lowest BCUT2D eigenvalue weighted by Gasteiger charge is -2.16. The fraction of sp³-hybridized carbons (Fsp3) is 0.211. The van der Waals surface area contributed by atoms with E-state index in [1.54, 1.807) is 29.5 Å². The van der Waals surface area contributed by atoms with Gasteiger partial charge in [-0.15, -0.1) is 0 Å². The summed E-state index contributed by atoms with van der Waals surface area (Å²) >= 11 is 0. The van der Waals surface area contributed by atoms with Crippen molar-refractivity contribution in [1.82, 2.24) is 29.7 Å². The second kappa shape index (κ2) is 6.87. The SMILES string of the molecule is C[C@@H](Cc1cccnc1)Nc1nc(-c2ccncc2)nc2c1cnn2C. The van der Waals surface area contributed by atoms with Crippen LogP contribution in [0.3, 0.4) is 0 Å². The summed E-state index contributed by atoms with van der Waals surface area (Å²) in [4.78, 5) is 17.7. The molecule has 0 spiro atoms. The van der Waals surface area contributed by atoms with Gasteiger partial charge in [0.05, 0.1) is 11.6 Å². The van der Waals surface area contributed by atoms with Gasteiger partial charge in [-0.1, -0.05) is 6.07 Å². The molecule has 0 aliphatic heterocycles. The van der Waals surface area contributed by atoms with Gasteiger partial charge in [-0.2, -0.15) is 5.10 Å². The molecule has 7 nitrogen and oxygen atoms in total. The van der Waals surface area contributed by atoms with Crippen LogP contribution in [-0.2, 0) is 13.5 Å². The van der Waals surface area contributed by atoms with E-state index in [4.69, 9.17) is 4.98 Å². The Morgan fingerprint density at radius 1 is 1.04 bits per heavy atom. The van der Waals surface area contributed by atoms with Gasteiger partial charge in [0, 0.05) is 43.4 Å². The first-order chi connectivity index (χ1) is 12.7. The minimum atomic E-state index is 0.183. The van der Waals surface area contributed by atoms with Gasteiger partial charge in [-0.05, 0) is 37.1 Å². The fourth-order valence-electron chi connectivity index (χ4n) is 2.92. The number of nitrogens with one attached hydrogen (secondary N) is 1. The molecule has 1 N–H and O–H groups in total. The molecule has 1 atom stereocenters. The smallest absolute Gasteiger partial charge is 0.164 e. The summed E-state index contributed by atoms with van der Waals surface area (Å²) in [6.07, 6.45) is 9.80. The summed E-state index contributed by atoms with van der Waals surface area (Å²) in [6, 6.07) is 8.02. The Morgan fingerprint density at radius 2 is 1.88 bits per heavy atom. The van der Waals surface area contributed by atoms with E-state index in [9.17, 15) is 0 Å². The van der Waals surface area contributed by atoms with E-state index in [2.05, 4.69) is 38.4 Å². The summed E-state index contributed by atoms with van der Waals surface area (Å²) in [6.45, 7) is 2.13. The van der Waals surface area contributed by atoms with E-state index in [-0.39, 0.29) is 6.04 Å². The van der Waals surface area contributed by atoms with Crippen LogP contribution in [0, 0.1) is 0 Å². The lowest BCUT2D eigenvalue weighted by Crippen LogP contribution is -2.19. The molecule has 4 aromatic heterocycles. The molecule has 0 bridgehead atoms. The van der Waals surface area contributed by atoms with Crippen LogP contribution in [0.4, 0.5) is 5.82 Å². The summed E-state index contributed by atoms with van der Waals surface area (Å²) in [5.74, 6) is 1.44. The molecule has 0 aliphatic rings. The second-order valence-electron chi connectivity index (χ2n) is 6.25. The largest absolute Gasteiger partial charge is 0.367 e. The number of rotatable bonds is 5. The van der Waals surface area contributed by atoms with E-state index in [1.807, 2.05) is 31.4 Å². The van der Waals surface area contributed by atoms with Crippen molar-refractivity contribution in [1.29, 1.82) is 0 Å². The third-order valence-electron chi connectivity index (χ3n) is 4.18. The Morgan fingerprint density at radius 3 is 2.65 bits per heavy atom. The van der Waals surface area contributed by atoms with Crippen LogP contribution in [0.1, 0.15) is 12.5 Å². The molecule has 0 aliphatic carbocycles. The average Bonchev–Trinajstić information content (AvgIpc) is 3.04. The minimum Gasteiger partial charge on any atom is -0.367 e. The first kappa shape index (κ1) is 16.1. The topological polar surface area (TPSA) is 81.4 Å². The quantitative estimate of drug-likeness (QED) is 0.599. The zero-order valence-corrected chi connectivity index (χ0v) is 14.7. The Labute approximate surface area is 151 Å². The maximum absolute atomic E-state index is 4.75. The molecule has 26 heavy (non-hydrogen) atoms. The highest BCUT2D eigenvalue weighted by molar-refractivity contribution is 5.88. The van der Waals surface area contributed by atoms with Gasteiger partial charge in [0.15, 0.2) is 11.5 Å². The van der Waals surface area contributed by atoms with Crippen LogP contribution >= 0.6 is 0 Å². The molecule has 0 amide bonds. The molecule has 0 saturated carbocycles. The van der Waals surface area contributed by atoms with Crippen LogP contribution in [-0.4, -0.2) is 35.8 Å². The predicted molar refractivity (Wildman–Crippen MR) is 101 cm³/mol. The van der Waals surface area contributed by atoms with Gasteiger partial charge in [0.2, 0.25) is 0 Å². The molecule has 0 fully saturated rings. The van der Waals surface area contributed by atoms with E-state index in [0.29, 0.717) is 5.82 Å². The standard InChI is InChI=1S/C19H19N7/c1-13(10-14-4-3-7-21-11-14)23-18-16-12-22-26(2)19(16)25-17(24-18)15-5-8-20-9-6-15/h3-9,11-13H,10H2,1-2H3,(H,23,24,25)/t13-/m0/s1. The number of nitrogens with zero attached hydrogens (tertiary/aromatic N) is 6. The van der Waals surface area contributed by atoms with Crippen molar-refractivity contribution in [3.63, 3.8) is 0 Å². The molecule has 130 valence electrons. The van der Waals surface area contributed by atoms with Gasteiger partial charge in [0.1, 0.15) is 5.82 Å². The molecular weight excluding hydrogens is 326 g/mol. The fourth-order valence-corrected chi connectivity index (χ4v) is 2.92. The van der Waals surface area contributed by atoms with E-state index in [1.165, 1.54) is 5.56 Å². The number of hydrogen-bond acceptors (Lipinski definition) is 6. The van der Waals surface area contributed by atoms with Crippen molar-refractivity contribution < 1.29 is 0 Å². The van der Waals surface area contributed by atoms with Crippen molar-refractivity contribution in [2.24, 2.45) is 7.05 Å². The van der Waals surface area contributed by atoms with Gasteiger partial charge < -0.3 is 5.32 Å². The van der Waals surface area contributed by atoms with Gasteiger partial charge in [-0.3, -0.25) is 14.6 Å². The highest BCUT2D eigenvalue weighted by Crippen LogP contribution is 2.25. The van der Waals surface area contributed by atoms with Crippen LogP contribution < -0.4 is 5.32 Å². The lowest BCUT2D eigenvalue weighted by molar-refractivity contribution is 0.779. The summed E-state index contributed by atoms with van der Waals surface area (Å²) < 4.78 is 1.76. The summed E-state index contributed by atoms with van der Waals surface area (Å²) in [5, 5.41) is 8.75. The van der Waals surface area contributed by atoms with E-state index in [0.717, 1.165) is 28.8 Å². The lowest BCUT2D eigenvalue weighted by atomic mass is 10.1. The maximum Gasteiger partial charge on any atom is 0.164 e. The third kappa shape index (κ3) is 3.23. The monoisotopic (exact) mass is 345 g/mol. The van der Waals surface area contributed by atoms with Crippen LogP contribution in [0.2, 0.25) is 0 Å². The Hall–Kier alpha value is -3.35. The minimum absolute atomic E-state index is 0.183. The summed E-state index contributed by atoms with van der Waals surface area (Å²) in [5.41, 5.74) is 2.90. The van der Waals surface area contributed by atoms with Gasteiger partial charge in [-0.25, -0.2) is 9.97 Å². The first-order valence-corrected chi connectivity index (χ1v) is 8.46. The van der Waals surface area contributed by atoms with Crippen molar-refractivity contribution in [2.45, 2.75) is 19.4 Å². The first-order valence-electron chi connectivity index (χ1n) is 8.46. The van der Waals surface area contributed by atoms with Crippen molar-refractivity contribution in [3.05, 3.63) is 60.8 Å². The molecule has 4 heterocycles. The van der Waals surface area contributed by atoms with E-state index >= 15 is 0 Å². The Balaban J connectivity index is 1.69. The zero-order valence-electron chi connectivity index (χ0n) is 14.7. The molecule has 4 rings (SSSR count). The summed E-state index contributed by atoms with van der Waals surface area (Å²) in [7, 11) is 1.88. The van der Waals surface area contributed by atoms with Crippen LogP contribution in [0.5, 0.6) is 0 Å². The highest BCUT2D eigenvalue weighted by Gasteiger charge is 2.14. The number of aryl methyl sites for hydroxylation is 1. The molecule has 0 unspecified atom stereocenters. The molecule has 0 saturated heterocycles. The number of anilines is 1. The Kier molecular flexibility index (Phi) is 4.27. The van der Waals surface area contributed by atoms with Crippen molar-refractivity contribution in [3.8, 4) is 11.4 Å². The van der Waals surface area contributed by atoms with Crippen molar-refractivity contribution in [2.75, 3.05) is 5.32 Å². The maximum atomic E-state index is 4.75. The van der Waals surface area contributed by atoms with E-state index < -0.39 is 0 Å². The Bertz CT molecular complexity index is 1010. The normalized spacial score (nSPS) is 12.2. The zero-order chi connectivity index (χ0) is 17.9. The van der Waals surface area contributed by atoms with Crippen LogP contribution in [0.15, 0.2) is 55.2 Å². The van der Waals surface area contributed by atoms with Crippen LogP contribution in [0.25, 0.3) is 22.4 Å². The number of pyridine rings is 2. The second-order valence-corrected chi connectivity index (χ2v) is 6.25. The van der Waals surface area contributed by atoms with Crippen molar-refractivity contribution >= 4 is 16.9 Å². The predicted octanol–water partition coefficient (Wildman–Crippen LogP) is 2.86. The molecule has 4 aromatic rings. The molecule has 0 aromatic carbocycles. The number of hydrogen-bond donors (Lipinski definition) is 1. The number of aromatic nitrogens is 6. The number of fused-ring (bicyclic) bond motifs is 1. The molecular formula is C19H19N7. The van der Waals surface area contributed by atoms with Gasteiger partial charge >= 0.3 is 0 Å². The third-order valence-corrected chi connectivity index (χ3v) is 4.18. The molecule has 0 radical (unpaired) electrons. The molecule has 7 heteroatoms. The average molecular weight is 345 g/mol. The van der Waals surface area contributed by atoms with Gasteiger partial charge in [0.25, 0.3) is 0 Å². The highest BCUT2D eigenvalue weighted by atomic mass is 15.3.